The van der Waals surface area contributed by atoms with Gasteiger partial charge in [0.25, 0.3) is 0 Å². The smallest absolute Gasteiger partial charge is 0.163 e. The highest BCUT2D eigenvalue weighted by Crippen LogP contribution is 2.35. The van der Waals surface area contributed by atoms with Crippen molar-refractivity contribution in [3.05, 3.63) is 82.1 Å². The second kappa shape index (κ2) is 13.9. The second-order valence-electron chi connectivity index (χ2n) is 9.88. The first kappa shape index (κ1) is 28.9. The van der Waals surface area contributed by atoms with E-state index in [1.807, 2.05) is 49.4 Å². The zero-order chi connectivity index (χ0) is 28.6. The molecular formula is C31H33Cl2N5O3. The van der Waals surface area contributed by atoms with Crippen molar-refractivity contribution in [3.8, 4) is 11.5 Å². The number of hydrogen-bond acceptors (Lipinski definition) is 8. The van der Waals surface area contributed by atoms with Gasteiger partial charge in [-0.2, -0.15) is 0 Å². The number of likely N-dealkylation sites (tertiary alicyclic amines) is 1. The second-order valence-corrected chi connectivity index (χ2v) is 10.7. The van der Waals surface area contributed by atoms with E-state index in [2.05, 4.69) is 25.3 Å². The Hall–Kier alpha value is -3.59. The van der Waals surface area contributed by atoms with E-state index in [4.69, 9.17) is 37.5 Å². The number of aromatic nitrogens is 2. The van der Waals surface area contributed by atoms with Gasteiger partial charge in [0.1, 0.15) is 18.8 Å². The molecule has 41 heavy (non-hydrogen) atoms. The molecule has 5 rings (SSSR count). The molecule has 0 saturated carbocycles. The molecule has 3 aromatic carbocycles. The van der Waals surface area contributed by atoms with E-state index < -0.39 is 0 Å². The van der Waals surface area contributed by atoms with E-state index in [1.54, 1.807) is 25.6 Å². The highest BCUT2D eigenvalue weighted by Gasteiger charge is 2.14. The van der Waals surface area contributed by atoms with Gasteiger partial charge >= 0.3 is 0 Å². The molecule has 0 atom stereocenters. The van der Waals surface area contributed by atoms with Gasteiger partial charge < -0.3 is 24.5 Å². The van der Waals surface area contributed by atoms with Gasteiger partial charge in [-0.25, -0.2) is 9.97 Å². The summed E-state index contributed by atoms with van der Waals surface area (Å²) < 4.78 is 11.7. The van der Waals surface area contributed by atoms with Gasteiger partial charge in [0.05, 0.1) is 24.9 Å². The lowest BCUT2D eigenvalue weighted by atomic mass is 10.1. The zero-order valence-corrected chi connectivity index (χ0v) is 24.7. The number of rotatable bonds is 12. The summed E-state index contributed by atoms with van der Waals surface area (Å²) in [4.78, 5) is 17.0. The molecule has 4 aromatic rings. The Morgan fingerprint density at radius 3 is 2.56 bits per heavy atom. The monoisotopic (exact) mass is 593 g/mol. The first-order chi connectivity index (χ1) is 20.0. The number of ether oxygens (including phenoxy) is 2. The van der Waals surface area contributed by atoms with E-state index >= 15 is 0 Å². The Balaban J connectivity index is 1.22. The van der Waals surface area contributed by atoms with E-state index in [9.17, 15) is 0 Å². The largest absolute Gasteiger partial charge is 0.493 e. The molecule has 214 valence electrons. The van der Waals surface area contributed by atoms with E-state index in [0.717, 1.165) is 46.4 Å². The normalized spacial score (nSPS) is 13.9. The van der Waals surface area contributed by atoms with Gasteiger partial charge in [-0.3, -0.25) is 0 Å². The van der Waals surface area contributed by atoms with Crippen LogP contribution in [0.3, 0.4) is 0 Å². The highest BCUT2D eigenvalue weighted by atomic mass is 35.5. The topological polar surface area (TPSA) is 81.1 Å². The minimum atomic E-state index is 0.253. The predicted octanol–water partition coefficient (Wildman–Crippen LogP) is 7.49. The fourth-order valence-corrected chi connectivity index (χ4v) is 5.20. The summed E-state index contributed by atoms with van der Waals surface area (Å²) in [7, 11) is 1.64. The van der Waals surface area contributed by atoms with E-state index in [1.165, 1.54) is 25.9 Å². The molecule has 10 heteroatoms. The van der Waals surface area contributed by atoms with Crippen LogP contribution in [-0.4, -0.2) is 53.9 Å². The SMILES string of the molecule is COc1cc2c(Nc3ccc(/C(C)=N/OCc4ccc(Cl)cc4Cl)cc3)ncnc2cc1OCCCN1CCCC1. The molecule has 2 heterocycles. The number of hydrogen-bond donors (Lipinski definition) is 1. The fourth-order valence-electron chi connectivity index (χ4n) is 4.73. The van der Waals surface area contributed by atoms with Crippen LogP contribution in [0.1, 0.15) is 37.3 Å². The zero-order valence-electron chi connectivity index (χ0n) is 23.2. The lowest BCUT2D eigenvalue weighted by Gasteiger charge is -2.16. The minimum Gasteiger partial charge on any atom is -0.493 e. The first-order valence-electron chi connectivity index (χ1n) is 13.7. The number of nitrogens with zero attached hydrogens (tertiary/aromatic N) is 4. The third kappa shape index (κ3) is 7.58. The van der Waals surface area contributed by atoms with Gasteiger partial charge in [0, 0.05) is 39.3 Å². The Kier molecular flexibility index (Phi) is 9.77. The van der Waals surface area contributed by atoms with E-state index in [-0.39, 0.29) is 6.61 Å². The van der Waals surface area contributed by atoms with Crippen LogP contribution < -0.4 is 14.8 Å². The molecule has 0 aliphatic carbocycles. The third-order valence-electron chi connectivity index (χ3n) is 7.00. The van der Waals surface area contributed by atoms with Crippen LogP contribution in [0.5, 0.6) is 11.5 Å². The van der Waals surface area contributed by atoms with Crippen molar-refractivity contribution in [2.45, 2.75) is 32.8 Å². The molecular weight excluding hydrogens is 561 g/mol. The first-order valence-corrected chi connectivity index (χ1v) is 14.4. The molecule has 0 spiro atoms. The van der Waals surface area contributed by atoms with Crippen LogP contribution in [0.25, 0.3) is 10.9 Å². The molecule has 0 radical (unpaired) electrons. The maximum Gasteiger partial charge on any atom is 0.163 e. The van der Waals surface area contributed by atoms with Crippen molar-refractivity contribution in [2.75, 3.05) is 38.7 Å². The lowest BCUT2D eigenvalue weighted by molar-refractivity contribution is 0.130. The minimum absolute atomic E-state index is 0.253. The van der Waals surface area contributed by atoms with Gasteiger partial charge in [-0.1, -0.05) is 46.6 Å². The summed E-state index contributed by atoms with van der Waals surface area (Å²) >= 11 is 12.2. The summed E-state index contributed by atoms with van der Waals surface area (Å²) in [6, 6.07) is 17.0. The van der Waals surface area contributed by atoms with Crippen LogP contribution in [-0.2, 0) is 11.4 Å². The number of anilines is 2. The Morgan fingerprint density at radius 2 is 1.80 bits per heavy atom. The molecule has 1 saturated heterocycles. The van der Waals surface area contributed by atoms with Crippen molar-refractivity contribution < 1.29 is 14.3 Å². The number of benzene rings is 3. The van der Waals surface area contributed by atoms with Crippen LogP contribution in [0.2, 0.25) is 10.0 Å². The molecule has 0 unspecified atom stereocenters. The molecule has 1 aromatic heterocycles. The standard InChI is InChI=1S/C31H33Cl2N5O3/c1-21(37-41-19-23-6-9-24(32)16-27(23)33)22-7-10-25(11-8-22)36-31-26-17-29(39-2)30(18-28(26)34-20-35-31)40-15-5-14-38-12-3-4-13-38/h6-11,16-18,20H,3-5,12-15,19H2,1-2H3,(H,34,35,36)/b37-21+. The Bertz CT molecular complexity index is 1510. The van der Waals surface area contributed by atoms with Crippen LogP contribution >= 0.6 is 23.2 Å². The molecule has 1 aliphatic rings. The maximum absolute atomic E-state index is 6.21. The molecule has 8 nitrogen and oxygen atoms in total. The number of methoxy groups -OCH3 is 1. The molecule has 1 aliphatic heterocycles. The van der Waals surface area contributed by atoms with Crippen LogP contribution in [0.15, 0.2) is 66.1 Å². The number of fused-ring (bicyclic) bond motifs is 1. The molecule has 1 fully saturated rings. The lowest BCUT2D eigenvalue weighted by Crippen LogP contribution is -2.21. The van der Waals surface area contributed by atoms with Crippen molar-refractivity contribution in [3.63, 3.8) is 0 Å². The Labute approximate surface area is 250 Å². The summed E-state index contributed by atoms with van der Waals surface area (Å²) in [5, 5.41) is 9.60. The molecule has 1 N–H and O–H groups in total. The number of halogens is 2. The van der Waals surface area contributed by atoms with Crippen molar-refractivity contribution in [1.29, 1.82) is 0 Å². The predicted molar refractivity (Wildman–Crippen MR) is 165 cm³/mol. The summed E-state index contributed by atoms with van der Waals surface area (Å²) in [5.41, 5.74) is 4.13. The average Bonchev–Trinajstić information content (AvgIpc) is 3.50. The van der Waals surface area contributed by atoms with Gasteiger partial charge in [-0.15, -0.1) is 0 Å². The maximum atomic E-state index is 6.21. The van der Waals surface area contributed by atoms with Crippen molar-refractivity contribution >= 4 is 51.3 Å². The van der Waals surface area contributed by atoms with Crippen LogP contribution in [0, 0.1) is 0 Å². The quantitative estimate of drug-likeness (QED) is 0.103. The van der Waals surface area contributed by atoms with E-state index in [0.29, 0.717) is 34.0 Å². The van der Waals surface area contributed by atoms with Gasteiger partial charge in [-0.05, 0) is 75.2 Å². The molecule has 0 amide bonds. The van der Waals surface area contributed by atoms with Gasteiger partial charge in [0.2, 0.25) is 0 Å². The molecule has 0 bridgehead atoms. The third-order valence-corrected chi connectivity index (χ3v) is 7.58. The number of nitrogens with one attached hydrogen (secondary N) is 1. The van der Waals surface area contributed by atoms with Crippen molar-refractivity contribution in [2.24, 2.45) is 5.16 Å². The number of oxime groups is 1. The highest BCUT2D eigenvalue weighted by molar-refractivity contribution is 6.35. The summed E-state index contributed by atoms with van der Waals surface area (Å²) in [6.45, 7) is 6.21. The van der Waals surface area contributed by atoms with Crippen molar-refractivity contribution in [1.82, 2.24) is 14.9 Å². The summed E-state index contributed by atoms with van der Waals surface area (Å²) in [5.74, 6) is 2.01. The average molecular weight is 595 g/mol. The summed E-state index contributed by atoms with van der Waals surface area (Å²) in [6.07, 6.45) is 5.11. The van der Waals surface area contributed by atoms with Crippen LogP contribution in [0.4, 0.5) is 11.5 Å². The van der Waals surface area contributed by atoms with Gasteiger partial charge in [0.15, 0.2) is 11.5 Å². The fraction of sp³-hybridized carbons (Fsp3) is 0.323. The Morgan fingerprint density at radius 1 is 1.00 bits per heavy atom.